The summed E-state index contributed by atoms with van der Waals surface area (Å²) >= 11 is 0. The highest BCUT2D eigenvalue weighted by Gasteiger charge is 2.37. The lowest BCUT2D eigenvalue weighted by molar-refractivity contribution is -0.929. The number of methoxy groups -OCH3 is 2. The van der Waals surface area contributed by atoms with E-state index in [4.69, 9.17) is 14.6 Å². The summed E-state index contributed by atoms with van der Waals surface area (Å²) in [5.41, 5.74) is 6.71. The molecule has 31 heavy (non-hydrogen) atoms. The quantitative estimate of drug-likeness (QED) is 0.653. The van der Waals surface area contributed by atoms with Gasteiger partial charge in [0.05, 0.1) is 46.6 Å². The molecule has 0 radical (unpaired) electrons. The molecule has 0 saturated carbocycles. The molecule has 1 saturated heterocycles. The van der Waals surface area contributed by atoms with Crippen LogP contribution in [-0.2, 0) is 0 Å². The van der Waals surface area contributed by atoms with Crippen LogP contribution in [0, 0.1) is 0 Å². The van der Waals surface area contributed by atoms with E-state index in [0.29, 0.717) is 6.04 Å². The fourth-order valence-corrected chi connectivity index (χ4v) is 4.86. The first-order chi connectivity index (χ1) is 15.3. The van der Waals surface area contributed by atoms with Crippen LogP contribution in [0.1, 0.15) is 22.7 Å². The first-order valence-corrected chi connectivity index (χ1v) is 10.8. The smallest absolute Gasteiger partial charge is 0.161 e. The molecule has 0 spiro atoms. The number of fused-ring (bicyclic) bond motifs is 3. The molecule has 0 amide bonds. The SMILES string of the molecule is COc1ccc(/C=N\N2CC[NH+](C3c4ccccc4-c4ccccc43)CC2)cc1OC. The molecule has 1 aliphatic heterocycles. The van der Waals surface area contributed by atoms with E-state index in [1.165, 1.54) is 22.3 Å². The van der Waals surface area contributed by atoms with Crippen molar-refractivity contribution in [3.8, 4) is 22.6 Å². The predicted octanol–water partition coefficient (Wildman–Crippen LogP) is 3.01. The molecule has 1 aliphatic carbocycles. The van der Waals surface area contributed by atoms with Gasteiger partial charge in [-0.15, -0.1) is 0 Å². The Morgan fingerprint density at radius 3 is 2.06 bits per heavy atom. The molecular weight excluding hydrogens is 386 g/mol. The summed E-state index contributed by atoms with van der Waals surface area (Å²) in [5.74, 6) is 1.45. The molecule has 1 fully saturated rings. The predicted molar refractivity (Wildman–Crippen MR) is 123 cm³/mol. The Kier molecular flexibility index (Phi) is 5.35. The molecule has 0 atom stereocenters. The fraction of sp³-hybridized carbons (Fsp3) is 0.269. The van der Waals surface area contributed by atoms with E-state index in [0.717, 1.165) is 43.2 Å². The minimum Gasteiger partial charge on any atom is -0.493 e. The summed E-state index contributed by atoms with van der Waals surface area (Å²) in [4.78, 5) is 1.62. The normalized spacial score (nSPS) is 16.4. The molecule has 1 heterocycles. The van der Waals surface area contributed by atoms with Gasteiger partial charge in [0.1, 0.15) is 6.04 Å². The number of quaternary nitrogens is 1. The van der Waals surface area contributed by atoms with Crippen LogP contribution >= 0.6 is 0 Å². The van der Waals surface area contributed by atoms with Crippen molar-refractivity contribution < 1.29 is 14.4 Å². The number of hydrogen-bond donors (Lipinski definition) is 1. The Morgan fingerprint density at radius 1 is 0.839 bits per heavy atom. The van der Waals surface area contributed by atoms with E-state index in [1.807, 2.05) is 24.4 Å². The van der Waals surface area contributed by atoms with Crippen molar-refractivity contribution in [3.63, 3.8) is 0 Å². The maximum absolute atomic E-state index is 5.39. The molecule has 2 aliphatic rings. The van der Waals surface area contributed by atoms with Crippen molar-refractivity contribution in [1.29, 1.82) is 0 Å². The molecular formula is C26H28N3O2+. The van der Waals surface area contributed by atoms with Gasteiger partial charge in [-0.3, -0.25) is 5.01 Å². The summed E-state index contributed by atoms with van der Waals surface area (Å²) in [6, 6.07) is 24.0. The van der Waals surface area contributed by atoms with Gasteiger partial charge in [-0.05, 0) is 34.9 Å². The maximum atomic E-state index is 5.39. The van der Waals surface area contributed by atoms with Gasteiger partial charge >= 0.3 is 0 Å². The molecule has 5 nitrogen and oxygen atoms in total. The molecule has 0 aromatic heterocycles. The van der Waals surface area contributed by atoms with E-state index in [1.54, 1.807) is 19.1 Å². The van der Waals surface area contributed by atoms with Crippen LogP contribution in [0.25, 0.3) is 11.1 Å². The van der Waals surface area contributed by atoms with Crippen molar-refractivity contribution in [3.05, 3.63) is 83.4 Å². The van der Waals surface area contributed by atoms with Crippen LogP contribution in [0.4, 0.5) is 0 Å². The summed E-state index contributed by atoms with van der Waals surface area (Å²) in [6.07, 6.45) is 1.91. The van der Waals surface area contributed by atoms with Gasteiger partial charge in [0, 0.05) is 11.1 Å². The zero-order valence-electron chi connectivity index (χ0n) is 18.0. The largest absolute Gasteiger partial charge is 0.493 e. The average Bonchev–Trinajstić information content (AvgIpc) is 3.17. The van der Waals surface area contributed by atoms with Gasteiger partial charge in [-0.1, -0.05) is 48.5 Å². The van der Waals surface area contributed by atoms with Crippen LogP contribution in [0.5, 0.6) is 11.5 Å². The standard InChI is InChI=1S/C26H27N3O2/c1-30-24-12-11-19(17-25(24)31-2)18-27-29-15-13-28(14-16-29)26-22-9-5-3-7-20(22)21-8-4-6-10-23(21)26/h3-12,17-18,26H,13-16H2,1-2H3/p+1/b27-18-. The highest BCUT2D eigenvalue weighted by molar-refractivity contribution is 5.80. The summed E-state index contributed by atoms with van der Waals surface area (Å²) < 4.78 is 10.7. The zero-order valence-corrected chi connectivity index (χ0v) is 18.0. The molecule has 3 aromatic carbocycles. The van der Waals surface area contributed by atoms with Gasteiger partial charge in [-0.2, -0.15) is 5.10 Å². The van der Waals surface area contributed by atoms with E-state index < -0.39 is 0 Å². The lowest BCUT2D eigenvalue weighted by Gasteiger charge is -2.34. The van der Waals surface area contributed by atoms with Crippen molar-refractivity contribution in [2.24, 2.45) is 5.10 Å². The maximum Gasteiger partial charge on any atom is 0.161 e. The van der Waals surface area contributed by atoms with E-state index in [-0.39, 0.29) is 0 Å². The molecule has 0 unspecified atom stereocenters. The van der Waals surface area contributed by atoms with Crippen LogP contribution < -0.4 is 14.4 Å². The van der Waals surface area contributed by atoms with Gasteiger partial charge in [-0.25, -0.2) is 0 Å². The van der Waals surface area contributed by atoms with Crippen LogP contribution in [0.15, 0.2) is 71.8 Å². The first kappa shape index (κ1) is 19.6. The minimum atomic E-state index is 0.421. The van der Waals surface area contributed by atoms with Gasteiger partial charge < -0.3 is 14.4 Å². The van der Waals surface area contributed by atoms with Crippen LogP contribution in [-0.4, -0.2) is 51.6 Å². The van der Waals surface area contributed by atoms with Crippen LogP contribution in [0.2, 0.25) is 0 Å². The Hall–Kier alpha value is -3.31. The lowest BCUT2D eigenvalue weighted by Crippen LogP contribution is -3.14. The first-order valence-electron chi connectivity index (χ1n) is 10.8. The van der Waals surface area contributed by atoms with Crippen molar-refractivity contribution in [2.45, 2.75) is 6.04 Å². The zero-order chi connectivity index (χ0) is 21.2. The number of benzene rings is 3. The molecule has 5 heteroatoms. The Bertz CT molecular complexity index is 1060. The highest BCUT2D eigenvalue weighted by Crippen LogP contribution is 2.41. The monoisotopic (exact) mass is 414 g/mol. The summed E-state index contributed by atoms with van der Waals surface area (Å²) in [7, 11) is 3.30. The van der Waals surface area contributed by atoms with Crippen molar-refractivity contribution in [2.75, 3.05) is 40.4 Å². The third-order valence-corrected chi connectivity index (χ3v) is 6.40. The van der Waals surface area contributed by atoms with E-state index >= 15 is 0 Å². The Balaban J connectivity index is 1.29. The number of rotatable bonds is 5. The average molecular weight is 415 g/mol. The molecule has 5 rings (SSSR count). The number of ether oxygens (including phenoxy) is 2. The summed E-state index contributed by atoms with van der Waals surface area (Å²) in [5, 5.41) is 6.91. The van der Waals surface area contributed by atoms with Crippen molar-refractivity contribution in [1.82, 2.24) is 5.01 Å². The van der Waals surface area contributed by atoms with E-state index in [9.17, 15) is 0 Å². The fourth-order valence-electron chi connectivity index (χ4n) is 4.86. The third-order valence-electron chi connectivity index (χ3n) is 6.40. The second kappa shape index (κ2) is 8.44. The third kappa shape index (κ3) is 3.66. The Labute approximate surface area is 183 Å². The van der Waals surface area contributed by atoms with Gasteiger partial charge in [0.2, 0.25) is 0 Å². The molecule has 3 aromatic rings. The topological polar surface area (TPSA) is 38.5 Å². The lowest BCUT2D eigenvalue weighted by atomic mass is 10.0. The number of nitrogens with zero attached hydrogens (tertiary/aromatic N) is 2. The van der Waals surface area contributed by atoms with E-state index in [2.05, 4.69) is 53.5 Å². The second-order valence-corrected chi connectivity index (χ2v) is 8.08. The van der Waals surface area contributed by atoms with Crippen molar-refractivity contribution >= 4 is 6.21 Å². The Morgan fingerprint density at radius 2 is 1.45 bits per heavy atom. The number of piperazine rings is 1. The van der Waals surface area contributed by atoms with Gasteiger partial charge in [0.15, 0.2) is 11.5 Å². The van der Waals surface area contributed by atoms with Crippen LogP contribution in [0.3, 0.4) is 0 Å². The number of hydrazone groups is 1. The number of nitrogens with one attached hydrogen (secondary N) is 1. The minimum absolute atomic E-state index is 0.421. The molecule has 1 N–H and O–H groups in total. The molecule has 0 bridgehead atoms. The summed E-state index contributed by atoms with van der Waals surface area (Å²) in [6.45, 7) is 4.02. The van der Waals surface area contributed by atoms with Gasteiger partial charge in [0.25, 0.3) is 0 Å². The second-order valence-electron chi connectivity index (χ2n) is 8.08. The molecule has 158 valence electrons. The number of hydrogen-bond acceptors (Lipinski definition) is 4. The highest BCUT2D eigenvalue weighted by atomic mass is 16.5.